The first-order chi connectivity index (χ1) is 16.9. The summed E-state index contributed by atoms with van der Waals surface area (Å²) in [6, 6.07) is 15.0. The molecule has 1 unspecified atom stereocenters. The van der Waals surface area contributed by atoms with E-state index >= 15 is 0 Å². The molecule has 182 valence electrons. The number of amides is 1. The maximum absolute atomic E-state index is 13.0. The molecule has 0 bridgehead atoms. The number of aromatic nitrogens is 3. The van der Waals surface area contributed by atoms with Crippen LogP contribution >= 0.6 is 11.6 Å². The lowest BCUT2D eigenvalue weighted by Gasteiger charge is -2.17. The van der Waals surface area contributed by atoms with Crippen LogP contribution in [0.2, 0.25) is 5.02 Å². The van der Waals surface area contributed by atoms with Crippen molar-refractivity contribution in [3.05, 3.63) is 59.2 Å². The second-order valence-corrected chi connectivity index (χ2v) is 8.32. The van der Waals surface area contributed by atoms with Crippen LogP contribution in [0.4, 0.5) is 5.69 Å². The highest BCUT2D eigenvalue weighted by molar-refractivity contribution is 6.32. The third-order valence-corrected chi connectivity index (χ3v) is 5.93. The van der Waals surface area contributed by atoms with E-state index in [1.165, 1.54) is 14.2 Å². The molecule has 0 aliphatic carbocycles. The maximum atomic E-state index is 13.0. The molecule has 9 heteroatoms. The molecular weight excluding hydrogens is 468 g/mol. The van der Waals surface area contributed by atoms with Crippen molar-refractivity contribution in [1.82, 2.24) is 14.8 Å². The predicted octanol–water partition coefficient (Wildman–Crippen LogP) is 5.50. The minimum atomic E-state index is -0.853. The third-order valence-electron chi connectivity index (χ3n) is 5.64. The van der Waals surface area contributed by atoms with Gasteiger partial charge < -0.3 is 19.5 Å². The lowest BCUT2D eigenvalue weighted by atomic mass is 10.0. The molecule has 4 rings (SSSR count). The molecule has 2 heterocycles. The van der Waals surface area contributed by atoms with Crippen LogP contribution in [-0.2, 0) is 11.3 Å². The Labute approximate surface area is 208 Å². The lowest BCUT2D eigenvalue weighted by Crippen LogP contribution is -2.30. The van der Waals surface area contributed by atoms with Crippen LogP contribution in [0.1, 0.15) is 19.5 Å². The monoisotopic (exact) mass is 494 g/mol. The summed E-state index contributed by atoms with van der Waals surface area (Å²) < 4.78 is 18.4. The summed E-state index contributed by atoms with van der Waals surface area (Å²) in [4.78, 5) is 17.7. The first kappa shape index (κ1) is 24.3. The summed E-state index contributed by atoms with van der Waals surface area (Å²) in [7, 11) is 3.01. The van der Waals surface area contributed by atoms with Crippen LogP contribution in [0.3, 0.4) is 0 Å². The molecule has 0 spiro atoms. The number of carbonyl (C=O) groups is 1. The molecule has 2 aromatic carbocycles. The van der Waals surface area contributed by atoms with Gasteiger partial charge in [-0.2, -0.15) is 10.1 Å². The van der Waals surface area contributed by atoms with E-state index in [-0.39, 0.29) is 5.91 Å². The summed E-state index contributed by atoms with van der Waals surface area (Å²) in [5.74, 6) is 0.806. The highest BCUT2D eigenvalue weighted by atomic mass is 35.5. The van der Waals surface area contributed by atoms with E-state index in [0.717, 1.165) is 22.2 Å². The van der Waals surface area contributed by atoms with E-state index in [1.54, 1.807) is 19.1 Å². The zero-order chi connectivity index (χ0) is 25.1. The molecule has 1 atom stereocenters. The second-order valence-electron chi connectivity index (χ2n) is 7.91. The Hall–Kier alpha value is -3.78. The Balaban J connectivity index is 1.66. The van der Waals surface area contributed by atoms with E-state index in [2.05, 4.69) is 15.4 Å². The fourth-order valence-corrected chi connectivity index (χ4v) is 4.12. The number of ether oxygens (including phenoxy) is 3. The molecule has 4 aromatic rings. The van der Waals surface area contributed by atoms with Crippen LogP contribution in [0.25, 0.3) is 22.2 Å². The van der Waals surface area contributed by atoms with Gasteiger partial charge in [-0.15, -0.1) is 0 Å². The molecular formula is C26H27ClN4O4. The number of anilines is 1. The first-order valence-corrected chi connectivity index (χ1v) is 11.6. The van der Waals surface area contributed by atoms with Gasteiger partial charge in [-0.1, -0.05) is 41.9 Å². The van der Waals surface area contributed by atoms with E-state index in [4.69, 9.17) is 25.8 Å². The zero-order valence-electron chi connectivity index (χ0n) is 20.3. The molecule has 0 saturated heterocycles. The molecule has 0 aliphatic heterocycles. The van der Waals surface area contributed by atoms with Gasteiger partial charge in [0.05, 0.1) is 36.0 Å². The maximum Gasteiger partial charge on any atom is 0.265 e. The predicted molar refractivity (Wildman–Crippen MR) is 137 cm³/mol. The van der Waals surface area contributed by atoms with Crippen LogP contribution in [0.5, 0.6) is 17.4 Å². The number of carbonyl (C=O) groups excluding carboxylic acids is 1. The number of rotatable bonds is 8. The quantitative estimate of drug-likeness (QED) is 0.348. The number of methoxy groups -OCH3 is 2. The van der Waals surface area contributed by atoms with Crippen molar-refractivity contribution in [2.45, 2.75) is 33.4 Å². The fourth-order valence-electron chi connectivity index (χ4n) is 3.88. The Bertz CT molecular complexity index is 1370. The molecule has 0 radical (unpaired) electrons. The normalized spacial score (nSPS) is 11.8. The van der Waals surface area contributed by atoms with Crippen LogP contribution < -0.4 is 19.5 Å². The second kappa shape index (κ2) is 10.2. The van der Waals surface area contributed by atoms with Crippen molar-refractivity contribution >= 4 is 34.2 Å². The number of nitrogens with one attached hydrogen (secondary N) is 1. The number of hydrogen-bond donors (Lipinski definition) is 1. The SMILES string of the molecule is CCn1nc(C)c2c(-c3ccccc3)cc(OC(C)C(=O)Nc3cc(Cl)c(OC)cc3OC)nc21. The average molecular weight is 495 g/mol. The van der Waals surface area contributed by atoms with Crippen LogP contribution in [0, 0.1) is 6.92 Å². The number of hydrogen-bond acceptors (Lipinski definition) is 6. The topological polar surface area (TPSA) is 87.5 Å². The number of benzene rings is 2. The summed E-state index contributed by atoms with van der Waals surface area (Å²) >= 11 is 6.23. The van der Waals surface area contributed by atoms with Gasteiger partial charge >= 0.3 is 0 Å². The summed E-state index contributed by atoms with van der Waals surface area (Å²) in [6.07, 6.45) is -0.853. The fraction of sp³-hybridized carbons (Fsp3) is 0.269. The van der Waals surface area contributed by atoms with Crippen molar-refractivity contribution in [2.24, 2.45) is 0 Å². The number of fused-ring (bicyclic) bond motifs is 1. The minimum absolute atomic E-state index is 0.327. The Morgan fingerprint density at radius 1 is 1.11 bits per heavy atom. The van der Waals surface area contributed by atoms with E-state index in [1.807, 2.05) is 54.9 Å². The zero-order valence-corrected chi connectivity index (χ0v) is 21.0. The largest absolute Gasteiger partial charge is 0.495 e. The van der Waals surface area contributed by atoms with Gasteiger partial charge in [0, 0.05) is 18.7 Å². The Morgan fingerprint density at radius 2 is 1.83 bits per heavy atom. The number of pyridine rings is 1. The Morgan fingerprint density at radius 3 is 2.49 bits per heavy atom. The standard InChI is InChI=1S/C26H27ClN4O4/c1-6-31-25-24(15(2)30-31)18(17-10-8-7-9-11-17)12-23(29-25)35-16(3)26(32)28-20-13-19(27)21(33-4)14-22(20)34-5/h7-14,16H,6H2,1-5H3,(H,28,32). The number of halogens is 1. The molecule has 0 saturated carbocycles. The molecule has 1 N–H and O–H groups in total. The summed E-state index contributed by atoms with van der Waals surface area (Å²) in [5, 5.41) is 8.74. The highest BCUT2D eigenvalue weighted by Gasteiger charge is 2.21. The summed E-state index contributed by atoms with van der Waals surface area (Å²) in [5.41, 5.74) is 3.95. The third kappa shape index (κ3) is 4.88. The molecule has 2 aromatic heterocycles. The van der Waals surface area contributed by atoms with E-state index < -0.39 is 6.10 Å². The van der Waals surface area contributed by atoms with Crippen molar-refractivity contribution in [3.63, 3.8) is 0 Å². The van der Waals surface area contributed by atoms with Crippen molar-refractivity contribution in [2.75, 3.05) is 19.5 Å². The summed E-state index contributed by atoms with van der Waals surface area (Å²) in [6.45, 7) is 6.28. The Kier molecular flexibility index (Phi) is 7.12. The number of nitrogens with zero attached hydrogens (tertiary/aromatic N) is 3. The van der Waals surface area contributed by atoms with E-state index in [9.17, 15) is 4.79 Å². The smallest absolute Gasteiger partial charge is 0.265 e. The minimum Gasteiger partial charge on any atom is -0.495 e. The van der Waals surface area contributed by atoms with Gasteiger partial charge in [0.15, 0.2) is 11.8 Å². The lowest BCUT2D eigenvalue weighted by molar-refractivity contribution is -0.122. The van der Waals surface area contributed by atoms with Crippen molar-refractivity contribution in [1.29, 1.82) is 0 Å². The van der Waals surface area contributed by atoms with Gasteiger partial charge in [0.2, 0.25) is 5.88 Å². The highest BCUT2D eigenvalue weighted by Crippen LogP contribution is 2.36. The van der Waals surface area contributed by atoms with Crippen molar-refractivity contribution in [3.8, 4) is 28.5 Å². The van der Waals surface area contributed by atoms with Gasteiger partial charge in [-0.05, 0) is 38.0 Å². The first-order valence-electron chi connectivity index (χ1n) is 11.2. The van der Waals surface area contributed by atoms with Gasteiger partial charge in [-0.3, -0.25) is 4.79 Å². The van der Waals surface area contributed by atoms with Gasteiger partial charge in [0.25, 0.3) is 5.91 Å². The van der Waals surface area contributed by atoms with Crippen LogP contribution in [-0.4, -0.2) is 41.0 Å². The van der Waals surface area contributed by atoms with Crippen LogP contribution in [0.15, 0.2) is 48.5 Å². The van der Waals surface area contributed by atoms with Gasteiger partial charge in [0.1, 0.15) is 11.5 Å². The average Bonchev–Trinajstić information content (AvgIpc) is 3.19. The molecule has 1 amide bonds. The van der Waals surface area contributed by atoms with Gasteiger partial charge in [-0.25, -0.2) is 4.68 Å². The van der Waals surface area contributed by atoms with E-state index in [0.29, 0.717) is 40.3 Å². The number of aryl methyl sites for hydroxylation is 2. The molecule has 0 fully saturated rings. The molecule has 8 nitrogen and oxygen atoms in total. The molecule has 35 heavy (non-hydrogen) atoms. The molecule has 0 aliphatic rings. The van der Waals surface area contributed by atoms with Crippen molar-refractivity contribution < 1.29 is 19.0 Å².